The predicted molar refractivity (Wildman–Crippen MR) is 104 cm³/mol. The number of nitrogens with zero attached hydrogens (tertiary/aromatic N) is 4. The van der Waals surface area contributed by atoms with Gasteiger partial charge in [-0.3, -0.25) is 4.79 Å². The van der Waals surface area contributed by atoms with Gasteiger partial charge in [-0.05, 0) is 24.3 Å². The molecule has 0 unspecified atom stereocenters. The Morgan fingerprint density at radius 2 is 1.75 bits per heavy atom. The molecule has 1 saturated heterocycles. The summed E-state index contributed by atoms with van der Waals surface area (Å²) < 4.78 is 10.5. The van der Waals surface area contributed by atoms with Crippen molar-refractivity contribution in [1.82, 2.24) is 20.0 Å². The minimum absolute atomic E-state index is 0.262. The van der Waals surface area contributed by atoms with Crippen LogP contribution in [-0.4, -0.2) is 65.6 Å². The third-order valence-electron chi connectivity index (χ3n) is 4.81. The first-order valence-corrected chi connectivity index (χ1v) is 8.91. The summed E-state index contributed by atoms with van der Waals surface area (Å²) in [5.74, 6) is 1.11. The fourth-order valence-corrected chi connectivity index (χ4v) is 3.27. The quantitative estimate of drug-likeness (QED) is 0.699. The molecule has 1 fully saturated rings. The first-order chi connectivity index (χ1) is 13.6. The van der Waals surface area contributed by atoms with Gasteiger partial charge in [0.1, 0.15) is 17.0 Å². The third-order valence-corrected chi connectivity index (χ3v) is 4.81. The lowest BCUT2D eigenvalue weighted by Gasteiger charge is -2.32. The zero-order chi connectivity index (χ0) is 19.7. The van der Waals surface area contributed by atoms with Crippen LogP contribution in [0.3, 0.4) is 0 Å². The van der Waals surface area contributed by atoms with Crippen molar-refractivity contribution in [1.29, 1.82) is 0 Å². The number of pyridine rings is 1. The summed E-state index contributed by atoms with van der Waals surface area (Å²) in [7, 11) is 2.98. The van der Waals surface area contributed by atoms with Crippen LogP contribution in [0.5, 0.6) is 11.6 Å². The number of nitrogens with one attached hydrogen (secondary N) is 1. The molecule has 1 aromatic carbocycles. The second kappa shape index (κ2) is 7.45. The Kier molecular flexibility index (Phi) is 4.84. The number of H-pyrrole nitrogens is 1. The van der Waals surface area contributed by atoms with Crippen molar-refractivity contribution in [2.24, 2.45) is 0 Å². The molecule has 1 aliphatic heterocycles. The maximum atomic E-state index is 12.6. The van der Waals surface area contributed by atoms with Crippen molar-refractivity contribution in [3.05, 3.63) is 40.7 Å². The Bertz CT molecular complexity index is 1040. The second-order valence-corrected chi connectivity index (χ2v) is 6.47. The van der Waals surface area contributed by atoms with Crippen molar-refractivity contribution >= 4 is 16.7 Å². The number of aromatic amines is 1. The van der Waals surface area contributed by atoms with Crippen LogP contribution in [0.25, 0.3) is 22.4 Å². The summed E-state index contributed by atoms with van der Waals surface area (Å²) in [6.07, 6.45) is 0. The maximum Gasteiger partial charge on any atom is 0.264 e. The first kappa shape index (κ1) is 18.2. The van der Waals surface area contributed by atoms with Crippen LogP contribution in [0, 0.1) is 0 Å². The molecule has 9 nitrogen and oxygen atoms in total. The van der Waals surface area contributed by atoms with E-state index in [1.807, 2.05) is 24.3 Å². The standard InChI is InChI=1S/C19H21N5O4/c1-27-14-11-15(28-2)20-18-16(14)19(25)22-17(21-18)12-3-5-13(6-4-12)23-7-9-24(26)10-8-23/h3-6,11,26H,7-10H2,1-2H3,(H,20,21,22,25). The van der Waals surface area contributed by atoms with Gasteiger partial charge in [-0.15, -0.1) is 0 Å². The maximum absolute atomic E-state index is 12.6. The van der Waals surface area contributed by atoms with Gasteiger partial charge in [0.05, 0.1) is 14.2 Å². The zero-order valence-electron chi connectivity index (χ0n) is 15.7. The van der Waals surface area contributed by atoms with Gasteiger partial charge >= 0.3 is 0 Å². The Hall–Kier alpha value is -3.17. The van der Waals surface area contributed by atoms with E-state index in [0.29, 0.717) is 30.5 Å². The minimum Gasteiger partial charge on any atom is -0.496 e. The molecule has 0 bridgehead atoms. The molecule has 0 saturated carbocycles. The largest absolute Gasteiger partial charge is 0.496 e. The number of aromatic nitrogens is 3. The fraction of sp³-hybridized carbons (Fsp3) is 0.316. The molecular weight excluding hydrogens is 362 g/mol. The Morgan fingerprint density at radius 1 is 1.04 bits per heavy atom. The van der Waals surface area contributed by atoms with E-state index >= 15 is 0 Å². The number of ether oxygens (including phenoxy) is 2. The first-order valence-electron chi connectivity index (χ1n) is 8.91. The van der Waals surface area contributed by atoms with Crippen LogP contribution in [0.4, 0.5) is 5.69 Å². The highest BCUT2D eigenvalue weighted by Crippen LogP contribution is 2.27. The number of hydrogen-bond acceptors (Lipinski definition) is 8. The lowest BCUT2D eigenvalue weighted by atomic mass is 10.1. The molecule has 0 atom stereocenters. The third kappa shape index (κ3) is 3.37. The van der Waals surface area contributed by atoms with Crippen LogP contribution in [0.15, 0.2) is 35.1 Å². The van der Waals surface area contributed by atoms with Crippen molar-refractivity contribution in [2.45, 2.75) is 0 Å². The van der Waals surface area contributed by atoms with Crippen LogP contribution in [0.1, 0.15) is 0 Å². The Balaban J connectivity index is 1.70. The molecule has 2 N–H and O–H groups in total. The van der Waals surface area contributed by atoms with E-state index < -0.39 is 0 Å². The molecule has 146 valence electrons. The van der Waals surface area contributed by atoms with Gasteiger partial charge in [-0.25, -0.2) is 4.98 Å². The molecule has 0 aliphatic carbocycles. The molecule has 9 heteroatoms. The SMILES string of the molecule is COc1cc(OC)c2c(=O)[nH]c(-c3ccc(N4CCN(O)CC4)cc3)nc2n1. The second-order valence-electron chi connectivity index (χ2n) is 6.47. The van der Waals surface area contributed by atoms with Crippen LogP contribution < -0.4 is 19.9 Å². The van der Waals surface area contributed by atoms with E-state index in [9.17, 15) is 10.0 Å². The van der Waals surface area contributed by atoms with Gasteiger partial charge in [0.2, 0.25) is 5.88 Å². The molecular formula is C19H21N5O4. The molecule has 3 aromatic rings. The summed E-state index contributed by atoms with van der Waals surface area (Å²) >= 11 is 0. The average molecular weight is 383 g/mol. The molecule has 0 amide bonds. The number of hydroxylamine groups is 2. The van der Waals surface area contributed by atoms with Crippen molar-refractivity contribution in [2.75, 3.05) is 45.3 Å². The van der Waals surface area contributed by atoms with Crippen LogP contribution in [-0.2, 0) is 0 Å². The minimum atomic E-state index is -0.324. The number of hydrogen-bond donors (Lipinski definition) is 2. The molecule has 2 aromatic heterocycles. The normalized spacial score (nSPS) is 15.0. The summed E-state index contributed by atoms with van der Waals surface area (Å²) in [4.78, 5) is 26.4. The lowest BCUT2D eigenvalue weighted by molar-refractivity contribution is -0.0935. The topological polar surface area (TPSA) is 104 Å². The van der Waals surface area contributed by atoms with Crippen LogP contribution in [0.2, 0.25) is 0 Å². The van der Waals surface area contributed by atoms with E-state index in [-0.39, 0.29) is 16.6 Å². The van der Waals surface area contributed by atoms with E-state index in [0.717, 1.165) is 24.3 Å². The highest BCUT2D eigenvalue weighted by Gasteiger charge is 2.17. The summed E-state index contributed by atoms with van der Waals surface area (Å²) in [6, 6.07) is 9.32. The number of benzene rings is 1. The van der Waals surface area contributed by atoms with Gasteiger partial charge in [0.15, 0.2) is 5.65 Å². The van der Waals surface area contributed by atoms with Gasteiger partial charge < -0.3 is 24.6 Å². The van der Waals surface area contributed by atoms with Crippen molar-refractivity contribution in [3.8, 4) is 23.0 Å². The number of fused-ring (bicyclic) bond motifs is 1. The molecule has 0 radical (unpaired) electrons. The van der Waals surface area contributed by atoms with E-state index in [1.165, 1.54) is 19.3 Å². The van der Waals surface area contributed by atoms with Crippen molar-refractivity contribution in [3.63, 3.8) is 0 Å². The van der Waals surface area contributed by atoms with Gasteiger partial charge in [0.25, 0.3) is 5.56 Å². The highest BCUT2D eigenvalue weighted by atomic mass is 16.5. The van der Waals surface area contributed by atoms with Gasteiger partial charge in [0, 0.05) is 43.5 Å². The number of anilines is 1. The van der Waals surface area contributed by atoms with Crippen molar-refractivity contribution < 1.29 is 14.7 Å². The molecule has 28 heavy (non-hydrogen) atoms. The number of methoxy groups -OCH3 is 2. The van der Waals surface area contributed by atoms with Crippen LogP contribution >= 0.6 is 0 Å². The number of rotatable bonds is 4. The average Bonchev–Trinajstić information content (AvgIpc) is 2.73. The summed E-state index contributed by atoms with van der Waals surface area (Å²) in [5, 5.41) is 11.1. The smallest absolute Gasteiger partial charge is 0.264 e. The zero-order valence-corrected chi connectivity index (χ0v) is 15.7. The molecule has 4 rings (SSSR count). The monoisotopic (exact) mass is 383 g/mol. The van der Waals surface area contributed by atoms with E-state index in [1.54, 1.807) is 6.07 Å². The van der Waals surface area contributed by atoms with E-state index in [2.05, 4.69) is 19.9 Å². The Morgan fingerprint density at radius 3 is 2.39 bits per heavy atom. The lowest BCUT2D eigenvalue weighted by Crippen LogP contribution is -2.44. The molecule has 3 heterocycles. The summed E-state index contributed by atoms with van der Waals surface area (Å²) in [5.41, 5.74) is 1.77. The van der Waals surface area contributed by atoms with E-state index in [4.69, 9.17) is 9.47 Å². The predicted octanol–water partition coefficient (Wildman–Crippen LogP) is 1.51. The molecule has 1 aliphatic rings. The highest BCUT2D eigenvalue weighted by molar-refractivity contribution is 5.83. The Labute approximate surface area is 161 Å². The summed E-state index contributed by atoms with van der Waals surface area (Å²) in [6.45, 7) is 2.72. The van der Waals surface area contributed by atoms with Gasteiger partial charge in [-0.1, -0.05) is 0 Å². The number of piperazine rings is 1. The molecule has 0 spiro atoms. The van der Waals surface area contributed by atoms with Gasteiger partial charge in [-0.2, -0.15) is 10.0 Å². The fourth-order valence-electron chi connectivity index (χ4n) is 3.27.